The van der Waals surface area contributed by atoms with Gasteiger partial charge in [0.25, 0.3) is 0 Å². The van der Waals surface area contributed by atoms with E-state index in [2.05, 4.69) is 9.72 Å². The van der Waals surface area contributed by atoms with Crippen molar-refractivity contribution in [2.75, 3.05) is 6.61 Å². The van der Waals surface area contributed by atoms with Crippen LogP contribution in [0.3, 0.4) is 0 Å². The van der Waals surface area contributed by atoms with Crippen LogP contribution in [0.2, 0.25) is 0 Å². The maximum atomic E-state index is 11.4. The fourth-order valence-electron chi connectivity index (χ4n) is 1.13. The number of ether oxygens (including phenoxy) is 1. The van der Waals surface area contributed by atoms with E-state index in [0.29, 0.717) is 11.1 Å². The van der Waals surface area contributed by atoms with Crippen LogP contribution < -0.4 is 0 Å². The van der Waals surface area contributed by atoms with Crippen molar-refractivity contribution in [3.05, 3.63) is 29.6 Å². The van der Waals surface area contributed by atoms with Crippen molar-refractivity contribution < 1.29 is 14.3 Å². The first-order valence-corrected chi connectivity index (χ1v) is 4.72. The predicted molar refractivity (Wildman–Crippen MR) is 54.3 cm³/mol. The molecule has 5 heteroatoms. The van der Waals surface area contributed by atoms with Crippen LogP contribution in [0.1, 0.15) is 18.1 Å². The van der Waals surface area contributed by atoms with Crippen LogP contribution in [0.15, 0.2) is 18.5 Å². The van der Waals surface area contributed by atoms with Crippen molar-refractivity contribution >= 4 is 11.8 Å². The highest BCUT2D eigenvalue weighted by Gasteiger charge is 2.16. The van der Waals surface area contributed by atoms with E-state index in [9.17, 15) is 9.59 Å². The van der Waals surface area contributed by atoms with E-state index in [1.807, 2.05) is 6.07 Å². The third kappa shape index (κ3) is 2.89. The summed E-state index contributed by atoms with van der Waals surface area (Å²) in [4.78, 5) is 26.2. The van der Waals surface area contributed by atoms with Gasteiger partial charge < -0.3 is 4.74 Å². The summed E-state index contributed by atoms with van der Waals surface area (Å²) in [5.74, 6) is -1.53. The molecule has 82 valence electrons. The normalized spacial score (nSPS) is 9.25. The molecule has 1 heterocycles. The number of ketones is 1. The van der Waals surface area contributed by atoms with E-state index >= 15 is 0 Å². The summed E-state index contributed by atoms with van der Waals surface area (Å²) in [5, 5.41) is 8.76. The molecule has 0 aliphatic rings. The highest BCUT2D eigenvalue weighted by Crippen LogP contribution is 2.07. The van der Waals surface area contributed by atoms with Gasteiger partial charge in [-0.3, -0.25) is 9.78 Å². The fourth-order valence-corrected chi connectivity index (χ4v) is 1.13. The number of aromatic nitrogens is 1. The summed E-state index contributed by atoms with van der Waals surface area (Å²) < 4.78 is 4.56. The summed E-state index contributed by atoms with van der Waals surface area (Å²) >= 11 is 0. The van der Waals surface area contributed by atoms with Gasteiger partial charge in [-0.2, -0.15) is 5.26 Å². The van der Waals surface area contributed by atoms with E-state index in [-0.39, 0.29) is 13.0 Å². The van der Waals surface area contributed by atoms with Gasteiger partial charge in [0, 0.05) is 18.8 Å². The molecule has 5 nitrogen and oxygen atoms in total. The minimum Gasteiger partial charge on any atom is -0.460 e. The largest absolute Gasteiger partial charge is 0.460 e. The first kappa shape index (κ1) is 11.9. The van der Waals surface area contributed by atoms with Gasteiger partial charge in [-0.05, 0) is 18.6 Å². The Kier molecular flexibility index (Phi) is 4.16. The van der Waals surface area contributed by atoms with Gasteiger partial charge in [-0.1, -0.05) is 0 Å². The molecule has 0 N–H and O–H groups in total. The zero-order valence-electron chi connectivity index (χ0n) is 8.77. The van der Waals surface area contributed by atoms with Gasteiger partial charge in [0.1, 0.15) is 6.07 Å². The summed E-state index contributed by atoms with van der Waals surface area (Å²) in [6.45, 7) is 1.78. The molecule has 1 rings (SSSR count). The monoisotopic (exact) mass is 218 g/mol. The molecule has 1 aromatic rings. The second-order valence-electron chi connectivity index (χ2n) is 2.97. The Balaban J connectivity index is 2.78. The fraction of sp³-hybridized carbons (Fsp3) is 0.273. The van der Waals surface area contributed by atoms with Crippen LogP contribution in [0, 0.1) is 11.3 Å². The number of esters is 1. The number of carbonyl (C=O) groups excluding carboxylic acids is 2. The Labute approximate surface area is 92.7 Å². The van der Waals surface area contributed by atoms with Crippen LogP contribution in [0.25, 0.3) is 0 Å². The zero-order chi connectivity index (χ0) is 12.0. The minimum absolute atomic E-state index is 0.135. The Morgan fingerprint density at radius 1 is 1.56 bits per heavy atom. The highest BCUT2D eigenvalue weighted by molar-refractivity contribution is 6.34. The first-order chi connectivity index (χ1) is 7.69. The van der Waals surface area contributed by atoms with Crippen molar-refractivity contribution in [3.8, 4) is 6.07 Å². The number of rotatable bonds is 4. The molecule has 1 aromatic heterocycles. The number of hydrogen-bond acceptors (Lipinski definition) is 5. The third-order valence-electron chi connectivity index (χ3n) is 1.89. The van der Waals surface area contributed by atoms with Crippen molar-refractivity contribution in [2.45, 2.75) is 13.3 Å². The average Bonchev–Trinajstić information content (AvgIpc) is 2.30. The van der Waals surface area contributed by atoms with Gasteiger partial charge in [0.05, 0.1) is 12.2 Å². The lowest BCUT2D eigenvalue weighted by molar-refractivity contribution is -0.153. The van der Waals surface area contributed by atoms with E-state index in [1.54, 1.807) is 6.92 Å². The molecule has 16 heavy (non-hydrogen) atoms. The number of Topliss-reactive ketones (excluding diaryl/α,β-unsaturated/α-hetero) is 1. The van der Waals surface area contributed by atoms with Crippen molar-refractivity contribution in [1.29, 1.82) is 5.26 Å². The molecule has 0 saturated carbocycles. The smallest absolute Gasteiger partial charge is 0.374 e. The lowest BCUT2D eigenvalue weighted by atomic mass is 10.1. The van der Waals surface area contributed by atoms with Crippen LogP contribution >= 0.6 is 0 Å². The lowest BCUT2D eigenvalue weighted by Gasteiger charge is -2.02. The third-order valence-corrected chi connectivity index (χ3v) is 1.89. The van der Waals surface area contributed by atoms with Gasteiger partial charge in [0.15, 0.2) is 0 Å². The maximum Gasteiger partial charge on any atom is 0.374 e. The minimum atomic E-state index is -0.872. The Morgan fingerprint density at radius 2 is 2.31 bits per heavy atom. The lowest BCUT2D eigenvalue weighted by Crippen LogP contribution is -2.19. The molecule has 0 saturated heterocycles. The number of carbonyl (C=O) groups is 2. The Morgan fingerprint density at radius 3 is 2.94 bits per heavy atom. The van der Waals surface area contributed by atoms with Crippen molar-refractivity contribution in [3.63, 3.8) is 0 Å². The molecule has 0 aliphatic carbocycles. The molecule has 0 bridgehead atoms. The summed E-state index contributed by atoms with van der Waals surface area (Å²) in [7, 11) is 0. The van der Waals surface area contributed by atoms with Gasteiger partial charge in [-0.25, -0.2) is 4.79 Å². The average molecular weight is 218 g/mol. The van der Waals surface area contributed by atoms with E-state index in [1.165, 1.54) is 18.5 Å². The molecule has 0 atom stereocenters. The van der Waals surface area contributed by atoms with Gasteiger partial charge in [-0.15, -0.1) is 0 Å². The molecule has 0 aliphatic heterocycles. The molecule has 0 amide bonds. The summed E-state index contributed by atoms with van der Waals surface area (Å²) in [6, 6.07) is 3.44. The van der Waals surface area contributed by atoms with Gasteiger partial charge >= 0.3 is 5.97 Å². The molecule has 0 radical (unpaired) electrons. The van der Waals surface area contributed by atoms with Gasteiger partial charge in [0.2, 0.25) is 5.78 Å². The standard InChI is InChI=1S/C11H10N2O3/c1-2-16-11(15)10(14)5-8-3-4-13-7-9(8)6-12/h3-4,7H,2,5H2,1H3. The number of pyridine rings is 1. The van der Waals surface area contributed by atoms with E-state index in [4.69, 9.17) is 5.26 Å². The molecular weight excluding hydrogens is 208 g/mol. The Hall–Kier alpha value is -2.22. The quantitative estimate of drug-likeness (QED) is 0.547. The second-order valence-corrected chi connectivity index (χ2v) is 2.97. The van der Waals surface area contributed by atoms with Crippen molar-refractivity contribution in [1.82, 2.24) is 4.98 Å². The van der Waals surface area contributed by atoms with Crippen LogP contribution in [0.4, 0.5) is 0 Å². The molecular formula is C11H10N2O3. The first-order valence-electron chi connectivity index (χ1n) is 4.72. The maximum absolute atomic E-state index is 11.4. The predicted octanol–water partition coefficient (Wildman–Crippen LogP) is 0.628. The molecule has 0 fully saturated rings. The molecule has 0 unspecified atom stereocenters. The van der Waals surface area contributed by atoms with Crippen LogP contribution in [-0.4, -0.2) is 23.3 Å². The zero-order valence-corrected chi connectivity index (χ0v) is 8.77. The number of nitriles is 1. The molecule has 0 spiro atoms. The topological polar surface area (TPSA) is 80.1 Å². The molecule has 0 aromatic carbocycles. The number of hydrogen-bond donors (Lipinski definition) is 0. The number of nitrogens with zero attached hydrogens (tertiary/aromatic N) is 2. The highest BCUT2D eigenvalue weighted by atomic mass is 16.5. The van der Waals surface area contributed by atoms with Crippen LogP contribution in [-0.2, 0) is 20.7 Å². The van der Waals surface area contributed by atoms with Crippen LogP contribution in [0.5, 0.6) is 0 Å². The van der Waals surface area contributed by atoms with E-state index < -0.39 is 11.8 Å². The van der Waals surface area contributed by atoms with Crippen molar-refractivity contribution in [2.24, 2.45) is 0 Å². The SMILES string of the molecule is CCOC(=O)C(=O)Cc1ccncc1C#N. The Bertz CT molecular complexity index is 449. The summed E-state index contributed by atoms with van der Waals surface area (Å²) in [5.41, 5.74) is 0.774. The summed E-state index contributed by atoms with van der Waals surface area (Å²) in [6.07, 6.45) is 2.69. The second kappa shape index (κ2) is 5.61. The van der Waals surface area contributed by atoms with E-state index in [0.717, 1.165) is 0 Å².